The molecule has 0 amide bonds. The van der Waals surface area contributed by atoms with Crippen LogP contribution in [0, 0.1) is 0 Å². The fourth-order valence-electron chi connectivity index (χ4n) is 1.90. The first-order valence-electron chi connectivity index (χ1n) is 5.90. The van der Waals surface area contributed by atoms with Crippen molar-refractivity contribution in [1.82, 2.24) is 10.1 Å². The van der Waals surface area contributed by atoms with Crippen LogP contribution in [0.5, 0.6) is 0 Å². The van der Waals surface area contributed by atoms with Gasteiger partial charge in [0, 0.05) is 11.7 Å². The summed E-state index contributed by atoms with van der Waals surface area (Å²) in [6, 6.07) is 0. The summed E-state index contributed by atoms with van der Waals surface area (Å²) in [5, 5.41) is 4.05. The molecule has 0 radical (unpaired) electrons. The topological polar surface area (TPSA) is 64.9 Å². The third-order valence-electron chi connectivity index (χ3n) is 3.43. The Hall–Kier alpha value is -0.550. The third kappa shape index (κ3) is 2.11. The lowest BCUT2D eigenvalue weighted by atomic mass is 9.93. The molecular formula is C11H19N3OS. The van der Waals surface area contributed by atoms with E-state index in [2.05, 4.69) is 24.0 Å². The smallest absolute Gasteiger partial charge is 0.230 e. The van der Waals surface area contributed by atoms with Crippen molar-refractivity contribution in [3.05, 3.63) is 11.7 Å². The van der Waals surface area contributed by atoms with E-state index in [4.69, 9.17) is 10.3 Å². The predicted octanol–water partition coefficient (Wildman–Crippen LogP) is 2.26. The molecule has 2 rings (SSSR count). The van der Waals surface area contributed by atoms with E-state index in [1.807, 2.05) is 11.8 Å². The largest absolute Gasteiger partial charge is 0.339 e. The molecule has 1 aromatic rings. The van der Waals surface area contributed by atoms with Crippen LogP contribution < -0.4 is 5.73 Å². The second kappa shape index (κ2) is 4.75. The summed E-state index contributed by atoms with van der Waals surface area (Å²) in [5.74, 6) is 4.17. The van der Waals surface area contributed by atoms with Gasteiger partial charge in [-0.05, 0) is 25.0 Å². The summed E-state index contributed by atoms with van der Waals surface area (Å²) >= 11 is 1.95. The summed E-state index contributed by atoms with van der Waals surface area (Å²) in [5.41, 5.74) is 5.82. The van der Waals surface area contributed by atoms with Crippen molar-refractivity contribution in [1.29, 1.82) is 0 Å². The first-order valence-corrected chi connectivity index (χ1v) is 7.05. The van der Waals surface area contributed by atoms with Crippen LogP contribution in [-0.2, 0) is 5.54 Å². The van der Waals surface area contributed by atoms with Crippen molar-refractivity contribution in [2.24, 2.45) is 5.73 Å². The Morgan fingerprint density at radius 3 is 2.81 bits per heavy atom. The first-order chi connectivity index (χ1) is 7.69. The van der Waals surface area contributed by atoms with Crippen LogP contribution in [0.25, 0.3) is 0 Å². The zero-order valence-corrected chi connectivity index (χ0v) is 10.7. The van der Waals surface area contributed by atoms with Crippen molar-refractivity contribution in [2.75, 3.05) is 11.5 Å². The standard InChI is InChI=1S/C11H19N3OS/c1-3-11(12,4-2)10-13-9(15-14-10)8-5-6-16-7-8/h8H,3-7,12H2,1-2H3. The molecule has 1 aromatic heterocycles. The number of hydrogen-bond donors (Lipinski definition) is 1. The van der Waals surface area contributed by atoms with Gasteiger partial charge in [-0.2, -0.15) is 16.7 Å². The zero-order valence-electron chi connectivity index (χ0n) is 9.90. The SMILES string of the molecule is CCC(N)(CC)c1noc(C2CCSC2)n1. The minimum Gasteiger partial charge on any atom is -0.339 e. The number of thioether (sulfide) groups is 1. The number of nitrogens with two attached hydrogens (primary N) is 1. The molecule has 1 atom stereocenters. The molecule has 1 aliphatic heterocycles. The molecular weight excluding hydrogens is 222 g/mol. The van der Waals surface area contributed by atoms with Crippen LogP contribution >= 0.6 is 11.8 Å². The highest BCUT2D eigenvalue weighted by atomic mass is 32.2. The Morgan fingerprint density at radius 2 is 2.25 bits per heavy atom. The maximum Gasteiger partial charge on any atom is 0.230 e. The number of rotatable bonds is 4. The molecule has 0 aliphatic carbocycles. The van der Waals surface area contributed by atoms with Crippen molar-refractivity contribution in [3.63, 3.8) is 0 Å². The van der Waals surface area contributed by atoms with Gasteiger partial charge in [-0.1, -0.05) is 19.0 Å². The summed E-state index contributed by atoms with van der Waals surface area (Å²) in [6.07, 6.45) is 2.81. The predicted molar refractivity (Wildman–Crippen MR) is 65.4 cm³/mol. The fraction of sp³-hybridized carbons (Fsp3) is 0.818. The quantitative estimate of drug-likeness (QED) is 0.876. The molecule has 16 heavy (non-hydrogen) atoms. The molecule has 0 aromatic carbocycles. The molecule has 1 aliphatic rings. The highest BCUT2D eigenvalue weighted by Gasteiger charge is 2.31. The van der Waals surface area contributed by atoms with Crippen molar-refractivity contribution >= 4 is 11.8 Å². The average molecular weight is 241 g/mol. The number of hydrogen-bond acceptors (Lipinski definition) is 5. The lowest BCUT2D eigenvalue weighted by Crippen LogP contribution is -2.36. The summed E-state index contributed by atoms with van der Waals surface area (Å²) < 4.78 is 5.34. The summed E-state index contributed by atoms with van der Waals surface area (Å²) in [7, 11) is 0. The number of aromatic nitrogens is 2. The van der Waals surface area contributed by atoms with Crippen molar-refractivity contribution in [2.45, 2.75) is 44.6 Å². The second-order valence-electron chi connectivity index (χ2n) is 4.38. The van der Waals surface area contributed by atoms with E-state index < -0.39 is 5.54 Å². The van der Waals surface area contributed by atoms with Gasteiger partial charge in [0.25, 0.3) is 0 Å². The molecule has 2 heterocycles. The summed E-state index contributed by atoms with van der Waals surface area (Å²) in [4.78, 5) is 4.49. The second-order valence-corrected chi connectivity index (χ2v) is 5.53. The Morgan fingerprint density at radius 1 is 1.50 bits per heavy atom. The third-order valence-corrected chi connectivity index (χ3v) is 4.59. The monoisotopic (exact) mass is 241 g/mol. The van der Waals surface area contributed by atoms with Crippen LogP contribution in [0.1, 0.15) is 50.7 Å². The van der Waals surface area contributed by atoms with Crippen LogP contribution in [-0.4, -0.2) is 21.6 Å². The maximum absolute atomic E-state index is 6.24. The van der Waals surface area contributed by atoms with E-state index in [1.165, 1.54) is 5.75 Å². The molecule has 4 nitrogen and oxygen atoms in total. The molecule has 1 unspecified atom stereocenters. The lowest BCUT2D eigenvalue weighted by Gasteiger charge is -2.21. The van der Waals surface area contributed by atoms with Crippen molar-refractivity contribution in [3.8, 4) is 0 Å². The Bertz CT molecular complexity index is 343. The zero-order chi connectivity index (χ0) is 11.6. The van der Waals surface area contributed by atoms with E-state index in [9.17, 15) is 0 Å². The van der Waals surface area contributed by atoms with E-state index >= 15 is 0 Å². The summed E-state index contributed by atoms with van der Waals surface area (Å²) in [6.45, 7) is 4.12. The molecule has 5 heteroatoms. The Labute approximate surface area is 100 Å². The average Bonchev–Trinajstić information content (AvgIpc) is 2.97. The van der Waals surface area contributed by atoms with E-state index in [1.54, 1.807) is 0 Å². The van der Waals surface area contributed by atoms with Gasteiger partial charge in [0.15, 0.2) is 5.82 Å². The van der Waals surface area contributed by atoms with Gasteiger partial charge < -0.3 is 10.3 Å². The molecule has 1 saturated heterocycles. The van der Waals surface area contributed by atoms with E-state index in [0.717, 1.165) is 30.9 Å². The van der Waals surface area contributed by atoms with Crippen LogP contribution in [0.3, 0.4) is 0 Å². The Balaban J connectivity index is 2.17. The van der Waals surface area contributed by atoms with Gasteiger partial charge in [-0.3, -0.25) is 0 Å². The van der Waals surface area contributed by atoms with Crippen LogP contribution in [0.2, 0.25) is 0 Å². The van der Waals surface area contributed by atoms with Gasteiger partial charge in [0.2, 0.25) is 5.89 Å². The van der Waals surface area contributed by atoms with Gasteiger partial charge in [-0.15, -0.1) is 0 Å². The van der Waals surface area contributed by atoms with Gasteiger partial charge in [0.05, 0.1) is 5.54 Å². The first kappa shape index (κ1) is 11.9. The highest BCUT2D eigenvalue weighted by Crippen LogP contribution is 2.32. The minimum atomic E-state index is -0.423. The minimum absolute atomic E-state index is 0.423. The maximum atomic E-state index is 6.24. The van der Waals surface area contributed by atoms with Gasteiger partial charge >= 0.3 is 0 Å². The fourth-order valence-corrected chi connectivity index (χ4v) is 3.11. The Kier molecular flexibility index (Phi) is 3.54. The van der Waals surface area contributed by atoms with Gasteiger partial charge in [0.1, 0.15) is 0 Å². The number of nitrogens with zero attached hydrogens (tertiary/aromatic N) is 2. The highest BCUT2D eigenvalue weighted by molar-refractivity contribution is 7.99. The van der Waals surface area contributed by atoms with E-state index in [0.29, 0.717) is 11.7 Å². The molecule has 0 spiro atoms. The van der Waals surface area contributed by atoms with E-state index in [-0.39, 0.29) is 0 Å². The van der Waals surface area contributed by atoms with Crippen molar-refractivity contribution < 1.29 is 4.52 Å². The van der Waals surface area contributed by atoms with Crippen LogP contribution in [0.4, 0.5) is 0 Å². The molecule has 1 fully saturated rings. The molecule has 90 valence electrons. The normalized spacial score (nSPS) is 21.6. The molecule has 0 saturated carbocycles. The molecule has 2 N–H and O–H groups in total. The molecule has 0 bridgehead atoms. The van der Waals surface area contributed by atoms with Gasteiger partial charge in [-0.25, -0.2) is 0 Å². The lowest BCUT2D eigenvalue weighted by molar-refractivity contribution is 0.328. The van der Waals surface area contributed by atoms with Crippen LogP contribution in [0.15, 0.2) is 4.52 Å².